The van der Waals surface area contributed by atoms with E-state index < -0.39 is 0 Å². The number of benzene rings is 3. The van der Waals surface area contributed by atoms with Crippen LogP contribution in [0.2, 0.25) is 0 Å². The van der Waals surface area contributed by atoms with Gasteiger partial charge in [0.25, 0.3) is 0 Å². The average Bonchev–Trinajstić information content (AvgIpc) is 2.79. The Kier molecular flexibility index (Phi) is 7.33. The maximum atomic E-state index is 11.1. The van der Waals surface area contributed by atoms with Crippen molar-refractivity contribution < 1.29 is 4.79 Å². The Morgan fingerprint density at radius 3 is 2.13 bits per heavy atom. The van der Waals surface area contributed by atoms with Crippen LogP contribution in [0, 0.1) is 0 Å². The number of aliphatic imine (C=N–C) groups is 1. The van der Waals surface area contributed by atoms with Crippen molar-refractivity contribution in [1.29, 1.82) is 0 Å². The van der Waals surface area contributed by atoms with Crippen LogP contribution in [0.1, 0.15) is 29.2 Å². The highest BCUT2D eigenvalue weighted by Crippen LogP contribution is 2.23. The number of nitrogens with two attached hydrogens (primary N) is 1. The van der Waals surface area contributed by atoms with Crippen LogP contribution in [0.15, 0.2) is 109 Å². The van der Waals surface area contributed by atoms with Gasteiger partial charge in [-0.25, -0.2) is 4.99 Å². The predicted octanol–water partition coefficient (Wildman–Crippen LogP) is 5.64. The van der Waals surface area contributed by atoms with E-state index in [1.54, 1.807) is 12.3 Å². The Balaban J connectivity index is 1.72. The first-order valence-electron chi connectivity index (χ1n) is 9.93. The lowest BCUT2D eigenvalue weighted by Gasteiger charge is -2.09. The minimum atomic E-state index is -0.0949. The summed E-state index contributed by atoms with van der Waals surface area (Å²) >= 11 is 0. The summed E-state index contributed by atoms with van der Waals surface area (Å²) in [6.07, 6.45) is 7.32. The normalized spacial score (nSPS) is 12.0. The summed E-state index contributed by atoms with van der Waals surface area (Å²) in [6.45, 7) is 5.31. The van der Waals surface area contributed by atoms with Gasteiger partial charge in [-0.05, 0) is 40.5 Å². The van der Waals surface area contributed by atoms with Gasteiger partial charge in [-0.3, -0.25) is 4.79 Å². The molecule has 0 aliphatic carbocycles. The molecule has 0 heterocycles. The van der Waals surface area contributed by atoms with Gasteiger partial charge in [0.15, 0.2) is 0 Å². The molecule has 4 heteroatoms. The van der Waals surface area contributed by atoms with Gasteiger partial charge in [0.05, 0.1) is 0 Å². The summed E-state index contributed by atoms with van der Waals surface area (Å²) < 4.78 is 0. The van der Waals surface area contributed by atoms with Crippen molar-refractivity contribution in [2.24, 2.45) is 10.7 Å². The van der Waals surface area contributed by atoms with Gasteiger partial charge in [0.2, 0.25) is 5.91 Å². The fourth-order valence-electron chi connectivity index (χ4n) is 3.07. The van der Waals surface area contributed by atoms with E-state index in [4.69, 9.17) is 5.73 Å². The molecular weight excluding hydrogens is 382 g/mol. The van der Waals surface area contributed by atoms with Gasteiger partial charge < -0.3 is 11.1 Å². The highest BCUT2D eigenvalue weighted by Gasteiger charge is 2.05. The third kappa shape index (κ3) is 6.15. The largest absolute Gasteiger partial charge is 0.383 e. The van der Waals surface area contributed by atoms with Crippen LogP contribution in [0.4, 0.5) is 5.69 Å². The van der Waals surface area contributed by atoms with Crippen LogP contribution in [0.5, 0.6) is 0 Å². The number of nitrogens with zero attached hydrogens (tertiary/aromatic N) is 1. The van der Waals surface area contributed by atoms with E-state index in [2.05, 4.69) is 29.0 Å². The van der Waals surface area contributed by atoms with Gasteiger partial charge in [-0.1, -0.05) is 85.5 Å². The van der Waals surface area contributed by atoms with Crippen molar-refractivity contribution in [3.05, 3.63) is 126 Å². The summed E-state index contributed by atoms with van der Waals surface area (Å²) in [5.74, 6) is 0.342. The summed E-state index contributed by atoms with van der Waals surface area (Å²) in [5, 5.41) is 2.74. The molecule has 3 rings (SSSR count). The number of allylic oxidation sites excluding steroid dienone is 2. The summed E-state index contributed by atoms with van der Waals surface area (Å²) in [4.78, 5) is 15.4. The van der Waals surface area contributed by atoms with Crippen molar-refractivity contribution in [1.82, 2.24) is 0 Å². The zero-order valence-electron chi connectivity index (χ0n) is 17.5. The Morgan fingerprint density at radius 2 is 1.52 bits per heavy atom. The Bertz CT molecular complexity index is 1120. The van der Waals surface area contributed by atoms with Gasteiger partial charge >= 0.3 is 0 Å². The van der Waals surface area contributed by atoms with E-state index in [9.17, 15) is 4.79 Å². The van der Waals surface area contributed by atoms with E-state index in [1.807, 2.05) is 78.9 Å². The number of carbonyl (C=O) groups excluding carboxylic acids is 1. The first-order valence-corrected chi connectivity index (χ1v) is 9.93. The van der Waals surface area contributed by atoms with Crippen LogP contribution in [0.3, 0.4) is 0 Å². The zero-order chi connectivity index (χ0) is 22.1. The molecule has 154 valence electrons. The number of anilines is 1. The molecule has 0 bridgehead atoms. The van der Waals surface area contributed by atoms with E-state index in [1.165, 1.54) is 6.92 Å². The monoisotopic (exact) mass is 407 g/mol. The lowest BCUT2D eigenvalue weighted by Crippen LogP contribution is -2.12. The van der Waals surface area contributed by atoms with Crippen molar-refractivity contribution in [3.63, 3.8) is 0 Å². The second kappa shape index (κ2) is 10.6. The Hall–Kier alpha value is -4.18. The van der Waals surface area contributed by atoms with Crippen molar-refractivity contribution in [2.45, 2.75) is 6.92 Å². The number of hydrogen-bond acceptors (Lipinski definition) is 2. The van der Waals surface area contributed by atoms with Crippen LogP contribution < -0.4 is 11.1 Å². The highest BCUT2D eigenvalue weighted by atomic mass is 16.1. The van der Waals surface area contributed by atoms with Crippen LogP contribution >= 0.6 is 0 Å². The maximum absolute atomic E-state index is 11.1. The number of rotatable bonds is 7. The van der Waals surface area contributed by atoms with E-state index in [-0.39, 0.29) is 5.91 Å². The zero-order valence-corrected chi connectivity index (χ0v) is 17.5. The second-order valence-corrected chi connectivity index (χ2v) is 6.89. The molecule has 0 spiro atoms. The number of amides is 1. The minimum Gasteiger partial charge on any atom is -0.383 e. The molecule has 0 aromatic heterocycles. The molecule has 3 N–H and O–H groups in total. The quantitative estimate of drug-likeness (QED) is 0.302. The smallest absolute Gasteiger partial charge is 0.221 e. The predicted molar refractivity (Wildman–Crippen MR) is 131 cm³/mol. The summed E-state index contributed by atoms with van der Waals surface area (Å²) in [5.41, 5.74) is 12.0. The van der Waals surface area contributed by atoms with Gasteiger partial charge in [0, 0.05) is 24.4 Å². The number of hydrogen-bond donors (Lipinski definition) is 2. The van der Waals surface area contributed by atoms with Crippen LogP contribution in [0.25, 0.3) is 11.6 Å². The Labute approximate surface area is 183 Å². The SMILES string of the molecule is C=C/C=C(\c1ccccc1)c1ccc(C(N)=N/C=C/c2ccc(NC(C)=O)cc2)cc1. The highest BCUT2D eigenvalue weighted by molar-refractivity contribution is 5.98. The van der Waals surface area contributed by atoms with E-state index >= 15 is 0 Å². The first-order chi connectivity index (χ1) is 15.1. The minimum absolute atomic E-state index is 0.0949. The molecule has 4 nitrogen and oxygen atoms in total. The first kappa shape index (κ1) is 21.5. The lowest BCUT2D eigenvalue weighted by molar-refractivity contribution is -0.114. The van der Waals surface area contributed by atoms with Crippen LogP contribution in [-0.4, -0.2) is 11.7 Å². The molecular formula is C27H25N3O. The number of nitrogens with one attached hydrogen (secondary N) is 1. The molecule has 0 unspecified atom stereocenters. The molecule has 0 fully saturated rings. The molecule has 3 aromatic rings. The molecule has 0 aliphatic heterocycles. The van der Waals surface area contributed by atoms with Gasteiger partial charge in [-0.15, -0.1) is 0 Å². The summed E-state index contributed by atoms with van der Waals surface area (Å²) in [7, 11) is 0. The number of carbonyl (C=O) groups is 1. The number of amidine groups is 1. The summed E-state index contributed by atoms with van der Waals surface area (Å²) in [6, 6.07) is 25.7. The topological polar surface area (TPSA) is 67.5 Å². The van der Waals surface area contributed by atoms with Crippen molar-refractivity contribution in [2.75, 3.05) is 5.32 Å². The molecule has 1 amide bonds. The fourth-order valence-corrected chi connectivity index (χ4v) is 3.07. The van der Waals surface area contributed by atoms with Crippen molar-refractivity contribution in [3.8, 4) is 0 Å². The molecule has 31 heavy (non-hydrogen) atoms. The molecule has 0 atom stereocenters. The van der Waals surface area contributed by atoms with Gasteiger partial charge in [0.1, 0.15) is 5.84 Å². The fraction of sp³-hybridized carbons (Fsp3) is 0.0370. The second-order valence-electron chi connectivity index (χ2n) is 6.89. The average molecular weight is 408 g/mol. The third-order valence-electron chi connectivity index (χ3n) is 4.57. The molecule has 3 aromatic carbocycles. The van der Waals surface area contributed by atoms with E-state index in [0.29, 0.717) is 5.84 Å². The lowest BCUT2D eigenvalue weighted by atomic mass is 9.96. The van der Waals surface area contributed by atoms with E-state index in [0.717, 1.165) is 33.5 Å². The molecule has 0 saturated carbocycles. The molecule has 0 aliphatic rings. The molecule has 0 saturated heterocycles. The third-order valence-corrected chi connectivity index (χ3v) is 4.57. The molecule has 0 radical (unpaired) electrons. The maximum Gasteiger partial charge on any atom is 0.221 e. The Morgan fingerprint density at radius 1 is 0.903 bits per heavy atom. The standard InChI is InChI=1S/C27H25N3O/c1-3-7-26(22-8-5-4-6-9-22)23-12-14-24(15-13-23)27(28)29-19-18-21-10-16-25(17-11-21)30-20(2)31/h3-19H,1H2,2H3,(H2,28,29)(H,30,31)/b19-18+,26-7+. The van der Waals surface area contributed by atoms with Crippen molar-refractivity contribution >= 4 is 29.1 Å². The van der Waals surface area contributed by atoms with Crippen LogP contribution in [-0.2, 0) is 4.79 Å². The van der Waals surface area contributed by atoms with Gasteiger partial charge in [-0.2, -0.15) is 0 Å².